The molecule has 0 unspecified atom stereocenters. The largest absolute Gasteiger partial charge is 0.313 e. The van der Waals surface area contributed by atoms with Gasteiger partial charge >= 0.3 is 0 Å². The molecule has 1 N–H and O–H groups in total. The van der Waals surface area contributed by atoms with Gasteiger partial charge in [0.2, 0.25) is 0 Å². The Kier molecular flexibility index (Phi) is 4.90. The number of nitrogens with zero attached hydrogens (tertiary/aromatic N) is 3. The predicted octanol–water partition coefficient (Wildman–Crippen LogP) is 5.09. The van der Waals surface area contributed by atoms with E-state index in [2.05, 4.69) is 19.9 Å². The van der Waals surface area contributed by atoms with Crippen molar-refractivity contribution in [2.75, 3.05) is 0 Å². The first-order valence-electron chi connectivity index (χ1n) is 9.61. The summed E-state index contributed by atoms with van der Waals surface area (Å²) in [5.41, 5.74) is 2.68. The number of hydrogen-bond acceptors (Lipinski definition) is 6. The van der Waals surface area contributed by atoms with Crippen LogP contribution in [-0.4, -0.2) is 19.9 Å². The minimum Gasteiger partial charge on any atom is -0.313 e. The summed E-state index contributed by atoms with van der Waals surface area (Å²) >= 11 is 9.55. The molecule has 0 bridgehead atoms. The van der Waals surface area contributed by atoms with Crippen LogP contribution in [0.2, 0.25) is 5.15 Å². The van der Waals surface area contributed by atoms with Crippen LogP contribution in [0.25, 0.3) is 20.4 Å². The number of aryl methyl sites for hydroxylation is 4. The van der Waals surface area contributed by atoms with Gasteiger partial charge < -0.3 is 4.98 Å². The Morgan fingerprint density at radius 3 is 2.14 bits per heavy atom. The van der Waals surface area contributed by atoms with Crippen LogP contribution in [0.5, 0.6) is 0 Å². The lowest BCUT2D eigenvalue weighted by Crippen LogP contribution is -2.08. The van der Waals surface area contributed by atoms with Crippen LogP contribution in [-0.2, 0) is 25.7 Å². The normalized spacial score (nSPS) is 15.8. The molecule has 0 spiro atoms. The lowest BCUT2D eigenvalue weighted by Gasteiger charge is -2.10. The SMILES string of the molecule is Clc1ncnc2sc3c(c12)CCCC3.O=c1[nH]cnc2sc3c(c12)CCCC3. The summed E-state index contributed by atoms with van der Waals surface area (Å²) in [6.45, 7) is 0. The van der Waals surface area contributed by atoms with Crippen molar-refractivity contribution in [3.8, 4) is 0 Å². The second kappa shape index (κ2) is 7.54. The van der Waals surface area contributed by atoms with Gasteiger partial charge in [0.1, 0.15) is 21.1 Å². The second-order valence-corrected chi connectivity index (χ2v) is 9.70. The average molecular weight is 431 g/mol. The number of halogens is 1. The molecule has 8 heteroatoms. The molecule has 0 aliphatic heterocycles. The third kappa shape index (κ3) is 3.15. The molecule has 144 valence electrons. The summed E-state index contributed by atoms with van der Waals surface area (Å²) in [7, 11) is 0. The Hall–Kier alpha value is -1.83. The fourth-order valence-electron chi connectivity index (χ4n) is 4.15. The molecule has 4 heterocycles. The van der Waals surface area contributed by atoms with E-state index < -0.39 is 0 Å². The number of aromatic amines is 1. The smallest absolute Gasteiger partial charge is 0.259 e. The lowest BCUT2D eigenvalue weighted by atomic mass is 9.97. The first kappa shape index (κ1) is 18.2. The first-order chi connectivity index (χ1) is 13.7. The number of rotatable bonds is 0. The molecule has 4 aromatic heterocycles. The predicted molar refractivity (Wildman–Crippen MR) is 116 cm³/mol. The van der Waals surface area contributed by atoms with Crippen molar-refractivity contribution in [1.29, 1.82) is 0 Å². The maximum Gasteiger partial charge on any atom is 0.259 e. The van der Waals surface area contributed by atoms with Crippen molar-refractivity contribution in [2.45, 2.75) is 51.4 Å². The number of fused-ring (bicyclic) bond motifs is 6. The van der Waals surface area contributed by atoms with E-state index >= 15 is 0 Å². The molecule has 0 radical (unpaired) electrons. The van der Waals surface area contributed by atoms with E-state index in [1.54, 1.807) is 29.0 Å². The summed E-state index contributed by atoms with van der Waals surface area (Å²) in [4.78, 5) is 31.6. The van der Waals surface area contributed by atoms with Crippen molar-refractivity contribution in [3.63, 3.8) is 0 Å². The van der Waals surface area contributed by atoms with E-state index in [9.17, 15) is 4.79 Å². The van der Waals surface area contributed by atoms with Crippen LogP contribution in [0.4, 0.5) is 0 Å². The van der Waals surface area contributed by atoms with E-state index in [1.165, 1.54) is 59.3 Å². The number of nitrogens with one attached hydrogen (secondary N) is 1. The van der Waals surface area contributed by atoms with Gasteiger partial charge in [-0.2, -0.15) is 0 Å². The quantitative estimate of drug-likeness (QED) is 0.394. The van der Waals surface area contributed by atoms with Crippen molar-refractivity contribution in [3.05, 3.63) is 49.0 Å². The van der Waals surface area contributed by atoms with Gasteiger partial charge in [-0.15, -0.1) is 22.7 Å². The monoisotopic (exact) mass is 430 g/mol. The van der Waals surface area contributed by atoms with Crippen LogP contribution in [0.15, 0.2) is 17.4 Å². The zero-order valence-electron chi connectivity index (χ0n) is 15.3. The number of aromatic nitrogens is 4. The molecule has 0 atom stereocenters. The Morgan fingerprint density at radius 2 is 1.43 bits per heavy atom. The van der Waals surface area contributed by atoms with Gasteiger partial charge in [-0.3, -0.25) is 4.79 Å². The maximum atomic E-state index is 11.6. The zero-order chi connectivity index (χ0) is 19.1. The highest BCUT2D eigenvalue weighted by molar-refractivity contribution is 7.19. The van der Waals surface area contributed by atoms with Crippen LogP contribution < -0.4 is 5.56 Å². The summed E-state index contributed by atoms with van der Waals surface area (Å²) in [5, 5.41) is 2.57. The minimum atomic E-state index is 0.0226. The first-order valence-corrected chi connectivity index (χ1v) is 11.6. The molecule has 5 nitrogen and oxygen atoms in total. The molecule has 0 fully saturated rings. The molecular formula is C20H19ClN4OS2. The Labute approximate surface area is 174 Å². The highest BCUT2D eigenvalue weighted by Crippen LogP contribution is 2.37. The van der Waals surface area contributed by atoms with Crippen molar-refractivity contribution >= 4 is 54.7 Å². The topological polar surface area (TPSA) is 71.5 Å². The third-order valence-corrected chi connectivity index (χ3v) is 8.15. The molecule has 0 aromatic carbocycles. The van der Waals surface area contributed by atoms with Crippen LogP contribution in [0.1, 0.15) is 46.6 Å². The van der Waals surface area contributed by atoms with Gasteiger partial charge in [0, 0.05) is 9.75 Å². The van der Waals surface area contributed by atoms with Gasteiger partial charge in [-0.25, -0.2) is 15.0 Å². The van der Waals surface area contributed by atoms with E-state index in [0.29, 0.717) is 5.15 Å². The Morgan fingerprint density at radius 1 is 0.821 bits per heavy atom. The van der Waals surface area contributed by atoms with Crippen molar-refractivity contribution in [1.82, 2.24) is 19.9 Å². The van der Waals surface area contributed by atoms with Crippen LogP contribution in [0, 0.1) is 0 Å². The maximum absolute atomic E-state index is 11.6. The molecule has 0 saturated heterocycles. The van der Waals surface area contributed by atoms with Gasteiger partial charge in [0.05, 0.1) is 17.1 Å². The summed E-state index contributed by atoms with van der Waals surface area (Å²) in [5.74, 6) is 0. The molecule has 28 heavy (non-hydrogen) atoms. The summed E-state index contributed by atoms with van der Waals surface area (Å²) in [6.07, 6.45) is 12.5. The van der Waals surface area contributed by atoms with E-state index in [1.807, 2.05) is 0 Å². The fraction of sp³-hybridized carbons (Fsp3) is 0.400. The molecule has 4 aromatic rings. The minimum absolute atomic E-state index is 0.0226. The number of H-pyrrole nitrogens is 1. The van der Waals surface area contributed by atoms with Gasteiger partial charge in [0.15, 0.2) is 0 Å². The lowest BCUT2D eigenvalue weighted by molar-refractivity contribution is 0.700. The molecule has 0 saturated carbocycles. The molecule has 0 amide bonds. The van der Waals surface area contributed by atoms with E-state index in [4.69, 9.17) is 11.6 Å². The van der Waals surface area contributed by atoms with E-state index in [0.717, 1.165) is 39.7 Å². The van der Waals surface area contributed by atoms with Crippen molar-refractivity contribution < 1.29 is 0 Å². The third-order valence-electron chi connectivity index (χ3n) is 5.46. The molecule has 2 aliphatic rings. The molecule has 2 aliphatic carbocycles. The Balaban J connectivity index is 0.000000122. The second-order valence-electron chi connectivity index (χ2n) is 7.18. The van der Waals surface area contributed by atoms with Crippen LogP contribution >= 0.6 is 34.3 Å². The standard InChI is InChI=1S/C10H9ClN2S.C10H10N2OS/c11-9-8-6-3-1-2-4-7(6)14-10(8)13-5-12-9;13-9-8-6-3-1-2-4-7(6)14-10(8)12-5-11-9/h5H,1-4H2;5H,1-4H2,(H,11,12,13). The van der Waals surface area contributed by atoms with Gasteiger partial charge in [0.25, 0.3) is 5.56 Å². The molecular weight excluding hydrogens is 412 g/mol. The van der Waals surface area contributed by atoms with Crippen molar-refractivity contribution in [2.24, 2.45) is 0 Å². The Bertz CT molecular complexity index is 1230. The zero-order valence-corrected chi connectivity index (χ0v) is 17.6. The van der Waals surface area contributed by atoms with Gasteiger partial charge in [-0.05, 0) is 62.5 Å². The number of thiophene rings is 2. The van der Waals surface area contributed by atoms with E-state index in [-0.39, 0.29) is 5.56 Å². The summed E-state index contributed by atoms with van der Waals surface area (Å²) < 4.78 is 0. The summed E-state index contributed by atoms with van der Waals surface area (Å²) in [6, 6.07) is 0. The fourth-order valence-corrected chi connectivity index (χ4v) is 6.91. The van der Waals surface area contributed by atoms with Gasteiger partial charge in [-0.1, -0.05) is 11.6 Å². The highest BCUT2D eigenvalue weighted by Gasteiger charge is 2.19. The highest BCUT2D eigenvalue weighted by atomic mass is 35.5. The molecule has 6 rings (SSSR count). The number of hydrogen-bond donors (Lipinski definition) is 1. The average Bonchev–Trinajstić information content (AvgIpc) is 3.28. The van der Waals surface area contributed by atoms with Crippen LogP contribution in [0.3, 0.4) is 0 Å².